The fourth-order valence-corrected chi connectivity index (χ4v) is 1.14. The molecule has 1 fully saturated rings. The molecule has 1 rings (SSSR count). The van der Waals surface area contributed by atoms with Crippen molar-refractivity contribution in [2.75, 3.05) is 26.8 Å². The number of methoxy groups -OCH3 is 1. The Morgan fingerprint density at radius 2 is 2.36 bits per heavy atom. The van der Waals surface area contributed by atoms with Crippen molar-refractivity contribution in [3.63, 3.8) is 0 Å². The summed E-state index contributed by atoms with van der Waals surface area (Å²) in [5, 5.41) is 8.72. The van der Waals surface area contributed by atoms with Crippen LogP contribution in [0.3, 0.4) is 0 Å². The molecule has 0 bridgehead atoms. The van der Waals surface area contributed by atoms with Crippen LogP contribution in [0.2, 0.25) is 0 Å². The van der Waals surface area contributed by atoms with Crippen LogP contribution in [0.25, 0.3) is 0 Å². The molecule has 4 heteroatoms. The molecule has 1 aliphatic heterocycles. The van der Waals surface area contributed by atoms with Crippen molar-refractivity contribution in [2.24, 2.45) is 0 Å². The van der Waals surface area contributed by atoms with Crippen LogP contribution in [0, 0.1) is 0 Å². The Morgan fingerprint density at radius 3 is 2.64 bits per heavy atom. The van der Waals surface area contributed by atoms with E-state index in [2.05, 4.69) is 0 Å². The average molecular weight is 159 g/mol. The summed E-state index contributed by atoms with van der Waals surface area (Å²) >= 11 is 0. The first kappa shape index (κ1) is 8.49. The Kier molecular flexibility index (Phi) is 2.84. The smallest absolute Gasteiger partial charge is 0.323 e. The van der Waals surface area contributed by atoms with Gasteiger partial charge in [0.05, 0.1) is 6.61 Å². The molecule has 0 aromatic rings. The van der Waals surface area contributed by atoms with E-state index in [-0.39, 0.29) is 6.61 Å². The first-order valence-electron chi connectivity index (χ1n) is 3.71. The van der Waals surface area contributed by atoms with Gasteiger partial charge in [-0.05, 0) is 6.42 Å². The fraction of sp³-hybridized carbons (Fsp3) is 0.857. The highest BCUT2D eigenvalue weighted by atomic mass is 16.5. The molecule has 0 aromatic heterocycles. The van der Waals surface area contributed by atoms with Gasteiger partial charge in [-0.25, -0.2) is 0 Å². The van der Waals surface area contributed by atoms with Gasteiger partial charge < -0.3 is 9.84 Å². The Morgan fingerprint density at radius 1 is 1.73 bits per heavy atom. The standard InChI is InChI=1S/C7H13NO3/c1-11-5-6(7(9)10)8-3-2-4-8/h6H,2-5H2,1H3,(H,9,10). The number of carbonyl (C=O) groups is 1. The number of hydrogen-bond donors (Lipinski definition) is 1. The summed E-state index contributed by atoms with van der Waals surface area (Å²) in [5.41, 5.74) is 0. The lowest BCUT2D eigenvalue weighted by molar-refractivity contribution is -0.147. The average Bonchev–Trinajstić information content (AvgIpc) is 1.82. The lowest BCUT2D eigenvalue weighted by Gasteiger charge is -2.35. The molecule has 0 spiro atoms. The molecule has 0 aromatic carbocycles. The number of carboxylic acid groups (broad SMARTS) is 1. The van der Waals surface area contributed by atoms with Gasteiger partial charge in [0.15, 0.2) is 0 Å². The predicted octanol–water partition coefficient (Wildman–Crippen LogP) is -0.208. The zero-order valence-electron chi connectivity index (χ0n) is 6.62. The third kappa shape index (κ3) is 1.91. The summed E-state index contributed by atoms with van der Waals surface area (Å²) in [6.45, 7) is 2.07. The van der Waals surface area contributed by atoms with E-state index in [9.17, 15) is 4.79 Å². The van der Waals surface area contributed by atoms with Crippen LogP contribution < -0.4 is 0 Å². The second-order valence-corrected chi connectivity index (χ2v) is 2.70. The zero-order valence-corrected chi connectivity index (χ0v) is 6.62. The minimum Gasteiger partial charge on any atom is -0.480 e. The highest BCUT2D eigenvalue weighted by Gasteiger charge is 2.29. The summed E-state index contributed by atoms with van der Waals surface area (Å²) in [6.07, 6.45) is 1.10. The molecule has 0 amide bonds. The van der Waals surface area contributed by atoms with E-state index in [0.717, 1.165) is 19.5 Å². The van der Waals surface area contributed by atoms with Crippen LogP contribution in [0.1, 0.15) is 6.42 Å². The van der Waals surface area contributed by atoms with Gasteiger partial charge in [-0.1, -0.05) is 0 Å². The molecule has 1 heterocycles. The first-order valence-corrected chi connectivity index (χ1v) is 3.71. The molecule has 4 nitrogen and oxygen atoms in total. The Bertz CT molecular complexity index is 145. The molecule has 1 aliphatic rings. The van der Waals surface area contributed by atoms with Crippen molar-refractivity contribution in [1.82, 2.24) is 4.90 Å². The number of hydrogen-bond acceptors (Lipinski definition) is 3. The molecular weight excluding hydrogens is 146 g/mol. The molecular formula is C7H13NO3. The Balaban J connectivity index is 2.37. The third-order valence-electron chi connectivity index (χ3n) is 1.94. The Labute approximate surface area is 65.8 Å². The van der Waals surface area contributed by atoms with Gasteiger partial charge in [-0.15, -0.1) is 0 Å². The van der Waals surface area contributed by atoms with E-state index in [0.29, 0.717) is 0 Å². The summed E-state index contributed by atoms with van der Waals surface area (Å²) in [4.78, 5) is 12.5. The van der Waals surface area contributed by atoms with Crippen LogP contribution in [-0.4, -0.2) is 48.8 Å². The van der Waals surface area contributed by atoms with Crippen LogP contribution in [0.15, 0.2) is 0 Å². The number of likely N-dealkylation sites (tertiary alicyclic amines) is 1. The third-order valence-corrected chi connectivity index (χ3v) is 1.94. The molecule has 11 heavy (non-hydrogen) atoms. The van der Waals surface area contributed by atoms with Crippen molar-refractivity contribution < 1.29 is 14.6 Å². The quantitative estimate of drug-likeness (QED) is 0.616. The van der Waals surface area contributed by atoms with Crippen molar-refractivity contribution in [1.29, 1.82) is 0 Å². The predicted molar refractivity (Wildman–Crippen MR) is 39.5 cm³/mol. The molecule has 0 aliphatic carbocycles. The molecule has 1 N–H and O–H groups in total. The number of carboxylic acids is 1. The second kappa shape index (κ2) is 3.69. The number of aliphatic carboxylic acids is 1. The molecule has 1 atom stereocenters. The van der Waals surface area contributed by atoms with Gasteiger partial charge in [-0.2, -0.15) is 0 Å². The summed E-state index contributed by atoms with van der Waals surface area (Å²) in [5.74, 6) is -0.786. The zero-order chi connectivity index (χ0) is 8.27. The van der Waals surface area contributed by atoms with Crippen molar-refractivity contribution in [2.45, 2.75) is 12.5 Å². The maximum atomic E-state index is 10.6. The molecule has 0 radical (unpaired) electrons. The topological polar surface area (TPSA) is 49.8 Å². The van der Waals surface area contributed by atoms with Gasteiger partial charge in [-0.3, -0.25) is 9.69 Å². The summed E-state index contributed by atoms with van der Waals surface area (Å²) in [6, 6.07) is -0.436. The molecule has 1 unspecified atom stereocenters. The molecule has 64 valence electrons. The summed E-state index contributed by atoms with van der Waals surface area (Å²) < 4.78 is 4.80. The van der Waals surface area contributed by atoms with Crippen molar-refractivity contribution in [3.05, 3.63) is 0 Å². The molecule has 1 saturated heterocycles. The van der Waals surface area contributed by atoms with Crippen LogP contribution >= 0.6 is 0 Å². The number of rotatable bonds is 4. The monoisotopic (exact) mass is 159 g/mol. The van der Waals surface area contributed by atoms with Crippen molar-refractivity contribution in [3.8, 4) is 0 Å². The van der Waals surface area contributed by atoms with Crippen LogP contribution in [0.5, 0.6) is 0 Å². The van der Waals surface area contributed by atoms with Gasteiger partial charge in [0.1, 0.15) is 6.04 Å². The van der Waals surface area contributed by atoms with Gasteiger partial charge in [0.25, 0.3) is 0 Å². The number of ether oxygens (including phenoxy) is 1. The van der Waals surface area contributed by atoms with E-state index >= 15 is 0 Å². The largest absolute Gasteiger partial charge is 0.480 e. The minimum atomic E-state index is -0.786. The maximum absolute atomic E-state index is 10.6. The Hall–Kier alpha value is -0.610. The number of nitrogens with zero attached hydrogens (tertiary/aromatic N) is 1. The molecule has 0 saturated carbocycles. The van der Waals surface area contributed by atoms with Crippen LogP contribution in [0.4, 0.5) is 0 Å². The summed E-state index contributed by atoms with van der Waals surface area (Å²) in [7, 11) is 1.52. The van der Waals surface area contributed by atoms with Gasteiger partial charge >= 0.3 is 5.97 Å². The second-order valence-electron chi connectivity index (χ2n) is 2.70. The maximum Gasteiger partial charge on any atom is 0.323 e. The van der Waals surface area contributed by atoms with Gasteiger partial charge in [0, 0.05) is 20.2 Å². The normalized spacial score (nSPS) is 20.8. The van der Waals surface area contributed by atoms with E-state index in [1.54, 1.807) is 0 Å². The lowest BCUT2D eigenvalue weighted by atomic mass is 10.1. The SMILES string of the molecule is COCC(C(=O)O)N1CCC1. The van der Waals surface area contributed by atoms with Gasteiger partial charge in [0.2, 0.25) is 0 Å². The fourth-order valence-electron chi connectivity index (χ4n) is 1.14. The van der Waals surface area contributed by atoms with E-state index in [4.69, 9.17) is 9.84 Å². The van der Waals surface area contributed by atoms with E-state index < -0.39 is 12.0 Å². The van der Waals surface area contributed by atoms with E-state index in [1.165, 1.54) is 7.11 Å². The highest BCUT2D eigenvalue weighted by Crippen LogP contribution is 2.11. The van der Waals surface area contributed by atoms with Crippen molar-refractivity contribution >= 4 is 5.97 Å². The first-order chi connectivity index (χ1) is 5.25. The minimum absolute atomic E-state index is 0.287. The lowest BCUT2D eigenvalue weighted by Crippen LogP contribution is -2.51. The van der Waals surface area contributed by atoms with E-state index in [1.807, 2.05) is 4.90 Å². The van der Waals surface area contributed by atoms with Crippen LogP contribution in [-0.2, 0) is 9.53 Å². The highest BCUT2D eigenvalue weighted by molar-refractivity contribution is 5.73.